The summed E-state index contributed by atoms with van der Waals surface area (Å²) in [6.07, 6.45) is 2.00. The fourth-order valence-corrected chi connectivity index (χ4v) is 3.34. The second-order valence-corrected chi connectivity index (χ2v) is 5.93. The van der Waals surface area contributed by atoms with Gasteiger partial charge in [-0.05, 0) is 55.5 Å². The van der Waals surface area contributed by atoms with Gasteiger partial charge in [0.1, 0.15) is 15.0 Å². The molecule has 1 aromatic carbocycles. The molecule has 2 heterocycles. The van der Waals surface area contributed by atoms with Crippen molar-refractivity contribution in [2.45, 2.75) is 19.4 Å². The first-order chi connectivity index (χ1) is 8.72. The van der Waals surface area contributed by atoms with Crippen molar-refractivity contribution in [2.24, 2.45) is 0 Å². The first-order valence-corrected chi connectivity index (χ1v) is 7.44. The first kappa shape index (κ1) is 12.2. The SMILES string of the molecule is Brc1cc(Br)n(CCc2ccc3c(c2)CCO3)n1. The smallest absolute Gasteiger partial charge is 0.129 e. The molecule has 18 heavy (non-hydrogen) atoms. The predicted octanol–water partition coefficient (Wildman–Crippen LogP) is 3.59. The van der Waals surface area contributed by atoms with E-state index < -0.39 is 0 Å². The van der Waals surface area contributed by atoms with E-state index in [9.17, 15) is 0 Å². The minimum absolute atomic E-state index is 0.816. The Labute approximate surface area is 122 Å². The van der Waals surface area contributed by atoms with Crippen LogP contribution in [-0.4, -0.2) is 16.4 Å². The van der Waals surface area contributed by atoms with Gasteiger partial charge >= 0.3 is 0 Å². The number of halogens is 2. The number of aryl methyl sites for hydroxylation is 2. The summed E-state index contributed by atoms with van der Waals surface area (Å²) in [4.78, 5) is 0. The predicted molar refractivity (Wildman–Crippen MR) is 77.0 cm³/mol. The Kier molecular flexibility index (Phi) is 3.43. The molecule has 0 saturated heterocycles. The molecule has 0 spiro atoms. The molecule has 1 aliphatic heterocycles. The van der Waals surface area contributed by atoms with Gasteiger partial charge in [-0.3, -0.25) is 4.68 Å². The fourth-order valence-electron chi connectivity index (χ4n) is 2.15. The molecule has 1 aromatic heterocycles. The molecule has 0 bridgehead atoms. The molecule has 0 amide bonds. The molecule has 3 rings (SSSR count). The average molecular weight is 372 g/mol. The van der Waals surface area contributed by atoms with E-state index >= 15 is 0 Å². The Bertz CT molecular complexity index is 580. The van der Waals surface area contributed by atoms with Crippen LogP contribution in [0, 0.1) is 0 Å². The molecular formula is C13H12Br2N2O. The normalized spacial score (nSPS) is 13.4. The zero-order valence-electron chi connectivity index (χ0n) is 9.70. The molecule has 94 valence electrons. The van der Waals surface area contributed by atoms with Gasteiger partial charge in [0, 0.05) is 19.0 Å². The van der Waals surface area contributed by atoms with Crippen LogP contribution >= 0.6 is 31.9 Å². The van der Waals surface area contributed by atoms with E-state index in [-0.39, 0.29) is 0 Å². The highest BCUT2D eigenvalue weighted by Crippen LogP contribution is 2.26. The monoisotopic (exact) mass is 370 g/mol. The van der Waals surface area contributed by atoms with E-state index in [2.05, 4.69) is 55.2 Å². The van der Waals surface area contributed by atoms with Crippen LogP contribution in [0.1, 0.15) is 11.1 Å². The number of fused-ring (bicyclic) bond motifs is 1. The minimum atomic E-state index is 0.816. The number of ether oxygens (including phenoxy) is 1. The largest absolute Gasteiger partial charge is 0.493 e. The highest BCUT2D eigenvalue weighted by Gasteiger charge is 2.12. The van der Waals surface area contributed by atoms with E-state index in [0.29, 0.717) is 0 Å². The third-order valence-electron chi connectivity index (χ3n) is 3.07. The van der Waals surface area contributed by atoms with Crippen LogP contribution in [0.2, 0.25) is 0 Å². The van der Waals surface area contributed by atoms with Crippen LogP contribution in [0.4, 0.5) is 0 Å². The Morgan fingerprint density at radius 3 is 2.94 bits per heavy atom. The number of nitrogens with zero attached hydrogens (tertiary/aromatic N) is 2. The second-order valence-electron chi connectivity index (χ2n) is 4.30. The van der Waals surface area contributed by atoms with Crippen molar-refractivity contribution < 1.29 is 4.74 Å². The molecule has 0 N–H and O–H groups in total. The topological polar surface area (TPSA) is 27.1 Å². The van der Waals surface area contributed by atoms with E-state index in [1.165, 1.54) is 11.1 Å². The van der Waals surface area contributed by atoms with Gasteiger partial charge in [0.25, 0.3) is 0 Å². The number of hydrogen-bond acceptors (Lipinski definition) is 2. The summed E-state index contributed by atoms with van der Waals surface area (Å²) < 4.78 is 9.32. The maximum Gasteiger partial charge on any atom is 0.129 e. The van der Waals surface area contributed by atoms with Gasteiger partial charge < -0.3 is 4.74 Å². The molecule has 0 radical (unpaired) electrons. The van der Waals surface area contributed by atoms with Crippen molar-refractivity contribution in [3.8, 4) is 5.75 Å². The van der Waals surface area contributed by atoms with Crippen molar-refractivity contribution in [2.75, 3.05) is 6.61 Å². The number of hydrogen-bond donors (Lipinski definition) is 0. The molecule has 2 aromatic rings. The Morgan fingerprint density at radius 2 is 2.17 bits per heavy atom. The van der Waals surface area contributed by atoms with Gasteiger partial charge in [0.2, 0.25) is 0 Å². The van der Waals surface area contributed by atoms with Crippen LogP contribution in [0.15, 0.2) is 33.5 Å². The molecule has 5 heteroatoms. The highest BCUT2D eigenvalue weighted by molar-refractivity contribution is 9.11. The van der Waals surface area contributed by atoms with Gasteiger partial charge in [-0.15, -0.1) is 0 Å². The van der Waals surface area contributed by atoms with E-state index in [1.54, 1.807) is 0 Å². The number of aromatic nitrogens is 2. The van der Waals surface area contributed by atoms with Gasteiger partial charge in [0.15, 0.2) is 0 Å². The van der Waals surface area contributed by atoms with Crippen LogP contribution in [0.25, 0.3) is 0 Å². The lowest BCUT2D eigenvalue weighted by atomic mass is 10.1. The molecular weight excluding hydrogens is 360 g/mol. The quantitative estimate of drug-likeness (QED) is 0.824. The summed E-state index contributed by atoms with van der Waals surface area (Å²) in [5.41, 5.74) is 2.66. The van der Waals surface area contributed by atoms with Crippen LogP contribution < -0.4 is 4.74 Å². The number of rotatable bonds is 3. The second kappa shape index (κ2) is 5.05. The summed E-state index contributed by atoms with van der Waals surface area (Å²) in [6, 6.07) is 8.41. The summed E-state index contributed by atoms with van der Waals surface area (Å²) in [5.74, 6) is 1.04. The molecule has 1 aliphatic rings. The van der Waals surface area contributed by atoms with Crippen molar-refractivity contribution >= 4 is 31.9 Å². The Morgan fingerprint density at radius 1 is 1.28 bits per heavy atom. The molecule has 0 saturated carbocycles. The third-order valence-corrected chi connectivity index (χ3v) is 4.09. The van der Waals surface area contributed by atoms with Crippen molar-refractivity contribution in [3.05, 3.63) is 44.6 Å². The van der Waals surface area contributed by atoms with Crippen LogP contribution in [0.3, 0.4) is 0 Å². The maximum absolute atomic E-state index is 5.51. The van der Waals surface area contributed by atoms with Crippen molar-refractivity contribution in [1.82, 2.24) is 9.78 Å². The molecule has 0 atom stereocenters. The third kappa shape index (κ3) is 2.47. The summed E-state index contributed by atoms with van der Waals surface area (Å²) in [5, 5.41) is 4.36. The Balaban J connectivity index is 1.72. The van der Waals surface area contributed by atoms with Gasteiger partial charge in [0.05, 0.1) is 6.61 Å². The average Bonchev–Trinajstić information content (AvgIpc) is 2.92. The standard InChI is InChI=1S/C13H12Br2N2O/c14-12-8-13(15)17(16-12)5-3-9-1-2-11-10(7-9)4-6-18-11/h1-2,7-8H,3-6H2. The lowest BCUT2D eigenvalue weighted by Crippen LogP contribution is -2.03. The summed E-state index contributed by atoms with van der Waals surface area (Å²) >= 11 is 6.86. The maximum atomic E-state index is 5.51. The highest BCUT2D eigenvalue weighted by atomic mass is 79.9. The van der Waals surface area contributed by atoms with E-state index in [0.717, 1.165) is 40.9 Å². The van der Waals surface area contributed by atoms with Gasteiger partial charge in [-0.2, -0.15) is 5.10 Å². The van der Waals surface area contributed by atoms with Crippen LogP contribution in [-0.2, 0) is 19.4 Å². The molecule has 0 aliphatic carbocycles. The van der Waals surface area contributed by atoms with Gasteiger partial charge in [-0.25, -0.2) is 0 Å². The van der Waals surface area contributed by atoms with E-state index in [1.807, 2.05) is 10.7 Å². The minimum Gasteiger partial charge on any atom is -0.493 e. The molecule has 0 fully saturated rings. The number of benzene rings is 1. The van der Waals surface area contributed by atoms with Gasteiger partial charge in [-0.1, -0.05) is 12.1 Å². The first-order valence-electron chi connectivity index (χ1n) is 5.86. The zero-order chi connectivity index (χ0) is 12.5. The molecule has 3 nitrogen and oxygen atoms in total. The fraction of sp³-hybridized carbons (Fsp3) is 0.308. The zero-order valence-corrected chi connectivity index (χ0v) is 12.9. The lowest BCUT2D eigenvalue weighted by Gasteiger charge is -2.05. The summed E-state index contributed by atoms with van der Waals surface area (Å²) in [6.45, 7) is 1.68. The van der Waals surface area contributed by atoms with Crippen LogP contribution in [0.5, 0.6) is 5.75 Å². The van der Waals surface area contributed by atoms with E-state index in [4.69, 9.17) is 4.74 Å². The lowest BCUT2D eigenvalue weighted by molar-refractivity contribution is 0.357. The van der Waals surface area contributed by atoms with Crippen molar-refractivity contribution in [3.63, 3.8) is 0 Å². The Hall–Kier alpha value is -0.810. The summed E-state index contributed by atoms with van der Waals surface area (Å²) in [7, 11) is 0. The molecule has 0 unspecified atom stereocenters. The van der Waals surface area contributed by atoms with Crippen molar-refractivity contribution in [1.29, 1.82) is 0 Å².